The Morgan fingerprint density at radius 1 is 1.32 bits per heavy atom. The first-order chi connectivity index (χ1) is 9.02. The Morgan fingerprint density at radius 3 is 2.53 bits per heavy atom. The molecule has 0 aromatic heterocycles. The largest absolute Gasteiger partial charge is 0.469 e. The van der Waals surface area contributed by atoms with Crippen LogP contribution in [0, 0.1) is 0 Å². The zero-order valence-corrected chi connectivity index (χ0v) is 12.5. The number of likely N-dealkylation sites (N-methyl/N-ethyl adjacent to an activating group) is 1. The van der Waals surface area contributed by atoms with Crippen molar-refractivity contribution in [3.8, 4) is 0 Å². The summed E-state index contributed by atoms with van der Waals surface area (Å²) in [5.74, 6) is -0.469. The molecule has 0 radical (unpaired) electrons. The molecule has 1 aromatic rings. The third-order valence-electron chi connectivity index (χ3n) is 2.54. The number of ether oxygens (including phenoxy) is 1. The molecule has 0 aliphatic heterocycles. The maximum Gasteiger partial charge on any atom is 0.307 e. The Kier molecular flexibility index (Phi) is 6.29. The van der Waals surface area contributed by atoms with Gasteiger partial charge in [-0.05, 0) is 23.8 Å². The van der Waals surface area contributed by atoms with Gasteiger partial charge in [-0.3, -0.25) is 9.59 Å². The number of hydrogen-bond donors (Lipinski definition) is 0. The molecule has 0 bridgehead atoms. The van der Waals surface area contributed by atoms with Crippen molar-refractivity contribution < 1.29 is 14.3 Å². The average Bonchev–Trinajstić information content (AvgIpc) is 2.43. The lowest BCUT2D eigenvalue weighted by Gasteiger charge is -2.13. The number of esters is 1. The van der Waals surface area contributed by atoms with Gasteiger partial charge in [0, 0.05) is 24.1 Å². The van der Waals surface area contributed by atoms with Gasteiger partial charge in [-0.25, -0.2) is 0 Å². The molecule has 4 nitrogen and oxygen atoms in total. The molecule has 0 aliphatic rings. The van der Waals surface area contributed by atoms with E-state index < -0.39 is 0 Å². The Morgan fingerprint density at radius 2 is 1.95 bits per heavy atom. The predicted octanol–water partition coefficient (Wildman–Crippen LogP) is 2.48. The smallest absolute Gasteiger partial charge is 0.307 e. The van der Waals surface area contributed by atoms with Crippen LogP contribution in [0.15, 0.2) is 34.8 Å². The summed E-state index contributed by atoms with van der Waals surface area (Å²) in [6.45, 7) is 0.343. The highest BCUT2D eigenvalue weighted by Gasteiger charge is 2.07. The summed E-state index contributed by atoms with van der Waals surface area (Å²) in [5, 5.41) is 0. The molecule has 1 rings (SSSR count). The third kappa shape index (κ3) is 5.70. The molecular formula is C14H16BrNO3. The molecule has 1 amide bonds. The van der Waals surface area contributed by atoms with Crippen molar-refractivity contribution in [2.45, 2.75) is 6.42 Å². The summed E-state index contributed by atoms with van der Waals surface area (Å²) >= 11 is 3.35. The molecule has 1 aromatic carbocycles. The van der Waals surface area contributed by atoms with Crippen LogP contribution in [0.25, 0.3) is 6.08 Å². The fraction of sp³-hybridized carbons (Fsp3) is 0.286. The third-order valence-corrected chi connectivity index (χ3v) is 3.07. The van der Waals surface area contributed by atoms with Crippen molar-refractivity contribution in [3.05, 3.63) is 40.4 Å². The van der Waals surface area contributed by atoms with Gasteiger partial charge < -0.3 is 9.64 Å². The first-order valence-electron chi connectivity index (χ1n) is 5.78. The highest BCUT2D eigenvalue weighted by Crippen LogP contribution is 2.11. The minimum Gasteiger partial charge on any atom is -0.469 e. The summed E-state index contributed by atoms with van der Waals surface area (Å²) in [5.41, 5.74) is 0.943. The monoisotopic (exact) mass is 325 g/mol. The first kappa shape index (κ1) is 15.4. The van der Waals surface area contributed by atoms with Gasteiger partial charge in [-0.1, -0.05) is 28.1 Å². The minimum atomic E-state index is -0.323. The number of nitrogens with zero attached hydrogens (tertiary/aromatic N) is 1. The molecule has 0 saturated carbocycles. The standard InChI is InChI=1S/C14H16BrNO3/c1-16(10-9-14(18)19-2)13(17)8-5-11-3-6-12(15)7-4-11/h3-8H,9-10H2,1-2H3. The SMILES string of the molecule is COC(=O)CCN(C)C(=O)C=Cc1ccc(Br)cc1. The maximum absolute atomic E-state index is 11.8. The van der Waals surface area contributed by atoms with Crippen LogP contribution in [-0.4, -0.2) is 37.5 Å². The topological polar surface area (TPSA) is 46.6 Å². The van der Waals surface area contributed by atoms with Crippen molar-refractivity contribution in [2.75, 3.05) is 20.7 Å². The molecule has 0 fully saturated rings. The second-order valence-corrected chi connectivity index (χ2v) is 4.89. The summed E-state index contributed by atoms with van der Waals surface area (Å²) in [4.78, 5) is 24.2. The molecule has 102 valence electrons. The van der Waals surface area contributed by atoms with E-state index in [1.807, 2.05) is 24.3 Å². The van der Waals surface area contributed by atoms with Crippen LogP contribution in [0.2, 0.25) is 0 Å². The molecular weight excluding hydrogens is 310 g/mol. The lowest BCUT2D eigenvalue weighted by atomic mass is 10.2. The van der Waals surface area contributed by atoms with Crippen LogP contribution >= 0.6 is 15.9 Å². The summed E-state index contributed by atoms with van der Waals surface area (Å²) in [7, 11) is 2.98. The fourth-order valence-electron chi connectivity index (χ4n) is 1.34. The molecule has 19 heavy (non-hydrogen) atoms. The van der Waals surface area contributed by atoms with Crippen molar-refractivity contribution in [3.63, 3.8) is 0 Å². The number of methoxy groups -OCH3 is 1. The van der Waals surface area contributed by atoms with E-state index in [0.29, 0.717) is 6.54 Å². The maximum atomic E-state index is 11.8. The number of rotatable bonds is 5. The van der Waals surface area contributed by atoms with Crippen molar-refractivity contribution in [1.29, 1.82) is 0 Å². The zero-order chi connectivity index (χ0) is 14.3. The van der Waals surface area contributed by atoms with E-state index in [4.69, 9.17) is 0 Å². The van der Waals surface area contributed by atoms with Crippen LogP contribution in [0.1, 0.15) is 12.0 Å². The van der Waals surface area contributed by atoms with E-state index in [0.717, 1.165) is 10.0 Å². The minimum absolute atomic E-state index is 0.146. The molecule has 0 N–H and O–H groups in total. The number of halogens is 1. The summed E-state index contributed by atoms with van der Waals surface area (Å²) in [6.07, 6.45) is 3.43. The Hall–Kier alpha value is -1.62. The Labute approximate surface area is 121 Å². The number of carbonyl (C=O) groups is 2. The quantitative estimate of drug-likeness (QED) is 0.617. The highest BCUT2D eigenvalue weighted by atomic mass is 79.9. The van der Waals surface area contributed by atoms with Crippen molar-refractivity contribution >= 4 is 33.9 Å². The fourth-order valence-corrected chi connectivity index (χ4v) is 1.60. The lowest BCUT2D eigenvalue weighted by Crippen LogP contribution is -2.27. The Bertz CT molecular complexity index is 468. The first-order valence-corrected chi connectivity index (χ1v) is 6.58. The van der Waals surface area contributed by atoms with Crippen LogP contribution in [-0.2, 0) is 14.3 Å². The number of carbonyl (C=O) groups excluding carboxylic acids is 2. The van der Waals surface area contributed by atoms with E-state index in [1.165, 1.54) is 18.1 Å². The predicted molar refractivity (Wildman–Crippen MR) is 77.4 cm³/mol. The Balaban J connectivity index is 2.49. The second kappa shape index (κ2) is 7.74. The summed E-state index contributed by atoms with van der Waals surface area (Å²) < 4.78 is 5.51. The van der Waals surface area contributed by atoms with Gasteiger partial charge in [-0.2, -0.15) is 0 Å². The van der Waals surface area contributed by atoms with E-state index >= 15 is 0 Å². The van der Waals surface area contributed by atoms with Gasteiger partial charge in [0.2, 0.25) is 5.91 Å². The normalized spacial score (nSPS) is 10.5. The molecule has 0 aliphatic carbocycles. The molecule has 0 saturated heterocycles. The molecule has 5 heteroatoms. The van der Waals surface area contributed by atoms with Gasteiger partial charge in [0.1, 0.15) is 0 Å². The molecule has 0 unspecified atom stereocenters. The van der Waals surface area contributed by atoms with Gasteiger partial charge in [0.25, 0.3) is 0 Å². The van der Waals surface area contributed by atoms with E-state index in [2.05, 4.69) is 20.7 Å². The number of amides is 1. The van der Waals surface area contributed by atoms with Crippen molar-refractivity contribution in [1.82, 2.24) is 4.90 Å². The van der Waals surface area contributed by atoms with Gasteiger partial charge in [0.15, 0.2) is 0 Å². The van der Waals surface area contributed by atoms with Crippen LogP contribution in [0.5, 0.6) is 0 Å². The molecule has 0 atom stereocenters. The zero-order valence-electron chi connectivity index (χ0n) is 10.9. The van der Waals surface area contributed by atoms with Gasteiger partial charge in [0.05, 0.1) is 13.5 Å². The summed E-state index contributed by atoms with van der Waals surface area (Å²) in [6, 6.07) is 7.63. The highest BCUT2D eigenvalue weighted by molar-refractivity contribution is 9.10. The van der Waals surface area contributed by atoms with Gasteiger partial charge in [-0.15, -0.1) is 0 Å². The number of hydrogen-bond acceptors (Lipinski definition) is 3. The van der Waals surface area contributed by atoms with E-state index in [-0.39, 0.29) is 18.3 Å². The van der Waals surface area contributed by atoms with E-state index in [1.54, 1.807) is 13.1 Å². The van der Waals surface area contributed by atoms with Gasteiger partial charge >= 0.3 is 5.97 Å². The molecule has 0 heterocycles. The average molecular weight is 326 g/mol. The second-order valence-electron chi connectivity index (χ2n) is 3.97. The van der Waals surface area contributed by atoms with Crippen LogP contribution in [0.4, 0.5) is 0 Å². The van der Waals surface area contributed by atoms with Crippen LogP contribution < -0.4 is 0 Å². The number of benzene rings is 1. The van der Waals surface area contributed by atoms with Crippen LogP contribution in [0.3, 0.4) is 0 Å². The van der Waals surface area contributed by atoms with Crippen molar-refractivity contribution in [2.24, 2.45) is 0 Å². The molecule has 0 spiro atoms. The lowest BCUT2D eigenvalue weighted by molar-refractivity contribution is -0.141. The van der Waals surface area contributed by atoms with E-state index in [9.17, 15) is 9.59 Å².